The molecule has 0 spiro atoms. The van der Waals surface area contributed by atoms with Gasteiger partial charge in [0, 0.05) is 19.5 Å². The highest BCUT2D eigenvalue weighted by Crippen LogP contribution is 2.43. The summed E-state index contributed by atoms with van der Waals surface area (Å²) < 4.78 is 19.8. The third-order valence-corrected chi connectivity index (χ3v) is 8.64. The molecular weight excluding hydrogens is 555 g/mol. The number of imide groups is 1. The van der Waals surface area contributed by atoms with Crippen LogP contribution in [0.4, 0.5) is 4.39 Å². The molecule has 1 aliphatic rings. The number of amides is 2. The summed E-state index contributed by atoms with van der Waals surface area (Å²) in [6.45, 7) is 7.49. The molecule has 0 saturated carbocycles. The zero-order valence-electron chi connectivity index (χ0n) is 25.2. The maximum atomic E-state index is 14.1. The number of rotatable bonds is 13. The highest BCUT2D eigenvalue weighted by molar-refractivity contribution is 6.10. The summed E-state index contributed by atoms with van der Waals surface area (Å²) in [7, 11) is 0. The second kappa shape index (κ2) is 14.0. The lowest BCUT2D eigenvalue weighted by atomic mass is 9.83. The summed E-state index contributed by atoms with van der Waals surface area (Å²) in [6.07, 6.45) is 0.112. The summed E-state index contributed by atoms with van der Waals surface area (Å²) in [4.78, 5) is 31.6. The van der Waals surface area contributed by atoms with Gasteiger partial charge in [0.1, 0.15) is 23.8 Å². The molecule has 2 unspecified atom stereocenters. The first kappa shape index (κ1) is 31.1. The quantitative estimate of drug-likeness (QED) is 0.189. The summed E-state index contributed by atoms with van der Waals surface area (Å²) in [5.41, 5.74) is 1.18. The molecule has 0 aliphatic carbocycles. The first-order chi connectivity index (χ1) is 21.4. The Bertz CT molecular complexity index is 1480. The predicted molar refractivity (Wildman–Crippen MR) is 169 cm³/mol. The van der Waals surface area contributed by atoms with Crippen molar-refractivity contribution in [3.63, 3.8) is 0 Å². The number of benzene rings is 4. The van der Waals surface area contributed by atoms with Crippen LogP contribution in [-0.2, 0) is 15.2 Å². The van der Waals surface area contributed by atoms with E-state index >= 15 is 0 Å². The molecule has 228 valence electrons. The fraction of sp³-hybridized carbons (Fsp3) is 0.297. The summed E-state index contributed by atoms with van der Waals surface area (Å²) in [5.74, 6) is -2.06. The number of hydrogen-bond donors (Lipinski definition) is 1. The van der Waals surface area contributed by atoms with Crippen molar-refractivity contribution in [2.45, 2.75) is 37.7 Å². The summed E-state index contributed by atoms with van der Waals surface area (Å²) in [6, 6.07) is 31.6. The van der Waals surface area contributed by atoms with E-state index in [1.54, 1.807) is 12.1 Å². The number of likely N-dealkylation sites (tertiary alicyclic amines) is 1. The van der Waals surface area contributed by atoms with Gasteiger partial charge in [-0.3, -0.25) is 14.5 Å². The van der Waals surface area contributed by atoms with E-state index in [1.807, 2.05) is 84.9 Å². The minimum atomic E-state index is -1.42. The number of halogens is 1. The van der Waals surface area contributed by atoms with Crippen molar-refractivity contribution in [3.8, 4) is 5.75 Å². The molecule has 44 heavy (non-hydrogen) atoms. The van der Waals surface area contributed by atoms with Crippen LogP contribution in [0.2, 0.25) is 0 Å². The Morgan fingerprint density at radius 1 is 0.750 bits per heavy atom. The molecule has 1 heterocycles. The Hall–Kier alpha value is -4.33. The second-order valence-corrected chi connectivity index (χ2v) is 11.1. The minimum Gasteiger partial charge on any atom is -0.492 e. The Morgan fingerprint density at radius 3 is 1.70 bits per heavy atom. The van der Waals surface area contributed by atoms with Crippen LogP contribution in [0.25, 0.3) is 0 Å². The first-order valence-corrected chi connectivity index (χ1v) is 15.2. The lowest BCUT2D eigenvalue weighted by Crippen LogP contribution is -2.37. The van der Waals surface area contributed by atoms with Gasteiger partial charge in [-0.15, -0.1) is 0 Å². The van der Waals surface area contributed by atoms with Gasteiger partial charge in [-0.05, 0) is 59.6 Å². The van der Waals surface area contributed by atoms with Crippen molar-refractivity contribution in [2.75, 3.05) is 32.8 Å². The number of nitrogens with zero attached hydrogens (tertiary/aromatic N) is 2. The Morgan fingerprint density at radius 2 is 1.23 bits per heavy atom. The largest absolute Gasteiger partial charge is 0.492 e. The minimum absolute atomic E-state index is 0.0126. The van der Waals surface area contributed by atoms with Gasteiger partial charge in [-0.2, -0.15) is 0 Å². The molecular formula is C37H39FN2O4. The fourth-order valence-electron chi connectivity index (χ4n) is 6.05. The summed E-state index contributed by atoms with van der Waals surface area (Å²) in [5, 5.41) is 12.0. The van der Waals surface area contributed by atoms with Gasteiger partial charge in [-0.1, -0.05) is 98.8 Å². The normalized spacial score (nSPS) is 17.0. The zero-order valence-corrected chi connectivity index (χ0v) is 25.2. The molecule has 7 heteroatoms. The molecule has 0 radical (unpaired) electrons. The van der Waals surface area contributed by atoms with E-state index in [1.165, 1.54) is 17.0 Å². The predicted octanol–water partition coefficient (Wildman–Crippen LogP) is 6.11. The average Bonchev–Trinajstić information content (AvgIpc) is 3.32. The molecule has 0 bridgehead atoms. The lowest BCUT2D eigenvalue weighted by molar-refractivity contribution is -0.139. The van der Waals surface area contributed by atoms with Crippen molar-refractivity contribution in [1.29, 1.82) is 0 Å². The highest BCUT2D eigenvalue weighted by Gasteiger charge is 2.49. The van der Waals surface area contributed by atoms with E-state index in [2.05, 4.69) is 18.7 Å². The van der Waals surface area contributed by atoms with E-state index in [0.717, 1.165) is 19.6 Å². The van der Waals surface area contributed by atoms with Crippen molar-refractivity contribution in [3.05, 3.63) is 137 Å². The maximum Gasteiger partial charge on any atom is 0.237 e. The molecule has 1 N–H and O–H groups in total. The maximum absolute atomic E-state index is 14.1. The van der Waals surface area contributed by atoms with Gasteiger partial charge in [0.15, 0.2) is 0 Å². The van der Waals surface area contributed by atoms with Crippen LogP contribution in [0.3, 0.4) is 0 Å². The van der Waals surface area contributed by atoms with Crippen LogP contribution in [0, 0.1) is 5.82 Å². The molecule has 5 rings (SSSR count). The van der Waals surface area contributed by atoms with E-state index in [9.17, 15) is 19.1 Å². The van der Waals surface area contributed by atoms with E-state index in [4.69, 9.17) is 4.74 Å². The molecule has 2 amide bonds. The molecule has 1 aliphatic heterocycles. The molecule has 4 aromatic rings. The SMILES string of the molecule is CCN(CC)CCOc1ccc(C2C(=O)N(CCC(O)(c3ccccc3)c3ccccc3)C(=O)C2c2ccc(F)cc2)cc1. The van der Waals surface area contributed by atoms with E-state index in [-0.39, 0.29) is 24.8 Å². The van der Waals surface area contributed by atoms with Crippen molar-refractivity contribution >= 4 is 11.8 Å². The van der Waals surface area contributed by atoms with Gasteiger partial charge in [0.2, 0.25) is 11.8 Å². The molecule has 1 fully saturated rings. The zero-order chi connectivity index (χ0) is 31.1. The fourth-order valence-corrected chi connectivity index (χ4v) is 6.05. The summed E-state index contributed by atoms with van der Waals surface area (Å²) >= 11 is 0. The first-order valence-electron chi connectivity index (χ1n) is 15.2. The number of aliphatic hydroxyl groups is 1. The Kier molecular flexibility index (Phi) is 9.88. The Labute approximate surface area is 258 Å². The van der Waals surface area contributed by atoms with Crippen LogP contribution >= 0.6 is 0 Å². The molecule has 2 atom stereocenters. The van der Waals surface area contributed by atoms with Crippen molar-refractivity contribution < 1.29 is 23.8 Å². The van der Waals surface area contributed by atoms with Gasteiger partial charge < -0.3 is 14.7 Å². The monoisotopic (exact) mass is 594 g/mol. The van der Waals surface area contributed by atoms with Crippen LogP contribution in [0.15, 0.2) is 109 Å². The second-order valence-electron chi connectivity index (χ2n) is 11.1. The number of carbonyl (C=O) groups excluding carboxylic acids is 2. The van der Waals surface area contributed by atoms with Crippen LogP contribution in [0.5, 0.6) is 5.75 Å². The van der Waals surface area contributed by atoms with E-state index in [0.29, 0.717) is 34.6 Å². The van der Waals surface area contributed by atoms with Crippen molar-refractivity contribution in [1.82, 2.24) is 9.80 Å². The van der Waals surface area contributed by atoms with Gasteiger partial charge in [0.25, 0.3) is 0 Å². The average molecular weight is 595 g/mol. The van der Waals surface area contributed by atoms with Crippen LogP contribution in [0.1, 0.15) is 54.4 Å². The number of likely N-dealkylation sites (N-methyl/N-ethyl adjacent to an activating group) is 1. The van der Waals surface area contributed by atoms with Crippen LogP contribution in [-0.4, -0.2) is 59.5 Å². The lowest BCUT2D eigenvalue weighted by Gasteiger charge is -2.31. The molecule has 4 aromatic carbocycles. The topological polar surface area (TPSA) is 70.1 Å². The molecule has 6 nitrogen and oxygen atoms in total. The van der Waals surface area contributed by atoms with Crippen LogP contribution < -0.4 is 4.74 Å². The highest BCUT2D eigenvalue weighted by atomic mass is 19.1. The van der Waals surface area contributed by atoms with Gasteiger partial charge >= 0.3 is 0 Å². The molecule has 0 aromatic heterocycles. The van der Waals surface area contributed by atoms with E-state index < -0.39 is 23.3 Å². The third-order valence-electron chi connectivity index (χ3n) is 8.64. The number of carbonyl (C=O) groups is 2. The Balaban J connectivity index is 1.42. The van der Waals surface area contributed by atoms with Crippen molar-refractivity contribution in [2.24, 2.45) is 0 Å². The third kappa shape index (κ3) is 6.59. The number of ether oxygens (including phenoxy) is 1. The number of hydrogen-bond acceptors (Lipinski definition) is 5. The smallest absolute Gasteiger partial charge is 0.237 e. The van der Waals surface area contributed by atoms with Gasteiger partial charge in [-0.25, -0.2) is 4.39 Å². The van der Waals surface area contributed by atoms with Gasteiger partial charge in [0.05, 0.1) is 11.8 Å². The standard InChI is InChI=1S/C37H39FN2O4/c1-3-39(4-2)25-26-44-32-21-17-28(18-22-32)34-33(27-15-19-31(38)20-16-27)35(41)40(36(34)42)24-23-37(43,29-11-7-5-8-12-29)30-13-9-6-10-14-30/h5-22,33-34,43H,3-4,23-26H2,1-2H3. The molecule has 1 saturated heterocycles.